The zero-order valence-corrected chi connectivity index (χ0v) is 19.8. The van der Waals surface area contributed by atoms with Gasteiger partial charge in [-0.1, -0.05) is 42.5 Å². The zero-order valence-electron chi connectivity index (χ0n) is 19.8. The maximum atomic E-state index is 13.1. The average molecular weight is 472 g/mol. The quantitative estimate of drug-likeness (QED) is 0.502. The van der Waals surface area contributed by atoms with E-state index in [2.05, 4.69) is 11.4 Å². The first-order valence-corrected chi connectivity index (χ1v) is 12.0. The fourth-order valence-electron chi connectivity index (χ4n) is 4.37. The minimum absolute atomic E-state index is 0.233. The molecule has 2 atom stereocenters. The summed E-state index contributed by atoms with van der Waals surface area (Å²) in [4.78, 5) is 37.0. The van der Waals surface area contributed by atoms with Crippen LogP contribution < -0.4 is 10.2 Å². The van der Waals surface area contributed by atoms with Crippen LogP contribution in [-0.2, 0) is 20.7 Å². The van der Waals surface area contributed by atoms with E-state index in [-0.39, 0.29) is 11.9 Å². The summed E-state index contributed by atoms with van der Waals surface area (Å²) in [6, 6.07) is 19.4. The molecule has 0 aliphatic carbocycles. The number of rotatable bonds is 8. The maximum Gasteiger partial charge on any atom is 0.310 e. The smallest absolute Gasteiger partial charge is 0.310 e. The Labute approximate surface area is 204 Å². The van der Waals surface area contributed by atoms with Gasteiger partial charge in [0.1, 0.15) is 5.69 Å². The molecule has 180 valence electrons. The molecular weight excluding hydrogens is 442 g/mol. The van der Waals surface area contributed by atoms with Crippen molar-refractivity contribution in [2.45, 2.75) is 32.1 Å². The van der Waals surface area contributed by atoms with E-state index in [1.54, 1.807) is 6.92 Å². The van der Waals surface area contributed by atoms with Gasteiger partial charge >= 0.3 is 5.97 Å². The predicted molar refractivity (Wildman–Crippen MR) is 133 cm³/mol. The van der Waals surface area contributed by atoms with Crippen LogP contribution in [0.3, 0.4) is 0 Å². The zero-order chi connectivity index (χ0) is 24.6. The number of carbonyl (C=O) groups excluding carboxylic acids is 2. The first kappa shape index (κ1) is 24.1. The normalized spacial score (nSPS) is 16.3. The van der Waals surface area contributed by atoms with Gasteiger partial charge in [-0.25, -0.2) is 9.97 Å². The Morgan fingerprint density at radius 1 is 1.14 bits per heavy atom. The summed E-state index contributed by atoms with van der Waals surface area (Å²) in [6.45, 7) is 3.59. The summed E-state index contributed by atoms with van der Waals surface area (Å²) >= 11 is 0. The highest BCUT2D eigenvalue weighted by Crippen LogP contribution is 2.30. The van der Waals surface area contributed by atoms with Crippen LogP contribution in [0, 0.1) is 17.2 Å². The number of carbonyl (C=O) groups is 2. The highest BCUT2D eigenvalue weighted by Gasteiger charge is 2.33. The molecule has 8 heteroatoms. The second-order valence-electron chi connectivity index (χ2n) is 8.55. The third kappa shape index (κ3) is 5.75. The number of nitrogens with one attached hydrogen (secondary N) is 1. The first-order valence-electron chi connectivity index (χ1n) is 12.0. The molecule has 2 heterocycles. The standard InChI is InChI=1S/C27H29N5O3/c1-2-35-27(34)20-11-8-16-32(18-20)25-24(30-22-12-6-7-13-23(22)31-25)21(17-28)26(33)29-15-14-19-9-4-3-5-10-19/h3-7,9-10,12-13,20-21H,2,8,11,14-16,18H2,1H3,(H,29,33)/t20-,21+/m0/s1. The van der Waals surface area contributed by atoms with E-state index in [9.17, 15) is 14.9 Å². The lowest BCUT2D eigenvalue weighted by atomic mass is 9.97. The monoisotopic (exact) mass is 471 g/mol. The van der Waals surface area contributed by atoms with Gasteiger partial charge in [-0.2, -0.15) is 5.26 Å². The summed E-state index contributed by atoms with van der Waals surface area (Å²) in [5.74, 6) is -1.58. The lowest BCUT2D eigenvalue weighted by molar-refractivity contribution is -0.148. The summed E-state index contributed by atoms with van der Waals surface area (Å²) in [6.07, 6.45) is 2.17. The Kier molecular flexibility index (Phi) is 7.88. The number of piperidine rings is 1. The molecule has 1 saturated heterocycles. The van der Waals surface area contributed by atoms with E-state index in [4.69, 9.17) is 14.7 Å². The van der Waals surface area contributed by atoms with E-state index < -0.39 is 11.8 Å². The van der Waals surface area contributed by atoms with Gasteiger partial charge in [-0.3, -0.25) is 9.59 Å². The number of para-hydroxylation sites is 2. The molecule has 0 spiro atoms. The number of anilines is 1. The Hall–Kier alpha value is -3.99. The van der Waals surface area contributed by atoms with Gasteiger partial charge in [0.15, 0.2) is 11.7 Å². The van der Waals surface area contributed by atoms with Crippen LogP contribution in [0.2, 0.25) is 0 Å². The molecular formula is C27H29N5O3. The largest absolute Gasteiger partial charge is 0.466 e. The molecule has 8 nitrogen and oxygen atoms in total. The van der Waals surface area contributed by atoms with E-state index in [0.717, 1.165) is 18.4 Å². The van der Waals surface area contributed by atoms with Crippen LogP contribution in [0.4, 0.5) is 5.82 Å². The second-order valence-corrected chi connectivity index (χ2v) is 8.55. The van der Waals surface area contributed by atoms with Crippen molar-refractivity contribution in [1.29, 1.82) is 5.26 Å². The van der Waals surface area contributed by atoms with Gasteiger partial charge in [0.2, 0.25) is 5.91 Å². The highest BCUT2D eigenvalue weighted by atomic mass is 16.5. The molecule has 1 aliphatic rings. The Morgan fingerprint density at radius 2 is 1.86 bits per heavy atom. The van der Waals surface area contributed by atoms with E-state index >= 15 is 0 Å². The van der Waals surface area contributed by atoms with Crippen LogP contribution in [-0.4, -0.2) is 48.1 Å². The third-order valence-electron chi connectivity index (χ3n) is 6.14. The number of hydrogen-bond acceptors (Lipinski definition) is 7. The number of amides is 1. The van der Waals surface area contributed by atoms with Crippen molar-refractivity contribution >= 4 is 28.7 Å². The van der Waals surface area contributed by atoms with Crippen molar-refractivity contribution < 1.29 is 14.3 Å². The molecule has 1 aromatic heterocycles. The fourth-order valence-corrected chi connectivity index (χ4v) is 4.37. The number of ether oxygens (including phenoxy) is 1. The van der Waals surface area contributed by atoms with Gasteiger partial charge < -0.3 is 15.0 Å². The summed E-state index contributed by atoms with van der Waals surface area (Å²) in [5, 5.41) is 12.9. The Morgan fingerprint density at radius 3 is 2.57 bits per heavy atom. The SMILES string of the molecule is CCOC(=O)[C@H]1CCCN(c2nc3ccccc3nc2[C@@H](C#N)C(=O)NCCc2ccccc2)C1. The van der Waals surface area contributed by atoms with Crippen LogP contribution in [0.5, 0.6) is 0 Å². The highest BCUT2D eigenvalue weighted by molar-refractivity contribution is 5.89. The van der Waals surface area contributed by atoms with Gasteiger partial charge in [0.05, 0.1) is 29.6 Å². The number of nitrogens with zero attached hydrogens (tertiary/aromatic N) is 4. The maximum absolute atomic E-state index is 13.1. The molecule has 0 radical (unpaired) electrons. The number of aromatic nitrogens is 2. The summed E-state index contributed by atoms with van der Waals surface area (Å²) in [7, 11) is 0. The topological polar surface area (TPSA) is 108 Å². The first-order chi connectivity index (χ1) is 17.1. The molecule has 0 unspecified atom stereocenters. The molecule has 0 bridgehead atoms. The van der Waals surface area contributed by atoms with Crippen molar-refractivity contribution in [2.75, 3.05) is 31.1 Å². The molecule has 1 amide bonds. The molecule has 1 aliphatic heterocycles. The molecule has 2 aromatic carbocycles. The molecule has 3 aromatic rings. The molecule has 1 fully saturated rings. The van der Waals surface area contributed by atoms with E-state index in [0.29, 0.717) is 55.2 Å². The number of benzene rings is 2. The van der Waals surface area contributed by atoms with Crippen LogP contribution >= 0.6 is 0 Å². The molecule has 4 rings (SSSR count). The van der Waals surface area contributed by atoms with E-state index in [1.807, 2.05) is 59.5 Å². The number of nitriles is 1. The fraction of sp³-hybridized carbons (Fsp3) is 0.370. The van der Waals surface area contributed by atoms with Crippen LogP contribution in [0.15, 0.2) is 54.6 Å². The van der Waals surface area contributed by atoms with Crippen molar-refractivity contribution in [3.63, 3.8) is 0 Å². The van der Waals surface area contributed by atoms with E-state index in [1.165, 1.54) is 0 Å². The number of hydrogen-bond donors (Lipinski definition) is 1. The van der Waals surface area contributed by atoms with Gasteiger partial charge in [0.25, 0.3) is 0 Å². The number of esters is 1. The van der Waals surface area contributed by atoms with Crippen molar-refractivity contribution in [3.8, 4) is 6.07 Å². The van der Waals surface area contributed by atoms with Gasteiger partial charge in [-0.15, -0.1) is 0 Å². The molecule has 1 N–H and O–H groups in total. The van der Waals surface area contributed by atoms with Gasteiger partial charge in [0, 0.05) is 19.6 Å². The predicted octanol–water partition coefficient (Wildman–Crippen LogP) is 3.38. The summed E-state index contributed by atoms with van der Waals surface area (Å²) in [5.41, 5.74) is 2.70. The second kappa shape index (κ2) is 11.4. The minimum Gasteiger partial charge on any atom is -0.466 e. The lowest BCUT2D eigenvalue weighted by Gasteiger charge is -2.33. The van der Waals surface area contributed by atoms with Crippen LogP contribution in [0.25, 0.3) is 11.0 Å². The number of fused-ring (bicyclic) bond motifs is 1. The lowest BCUT2D eigenvalue weighted by Crippen LogP contribution is -2.41. The van der Waals surface area contributed by atoms with Crippen LogP contribution in [0.1, 0.15) is 36.9 Å². The summed E-state index contributed by atoms with van der Waals surface area (Å²) < 4.78 is 5.24. The third-order valence-corrected chi connectivity index (χ3v) is 6.14. The van der Waals surface area contributed by atoms with Crippen molar-refractivity contribution in [2.24, 2.45) is 5.92 Å². The Bertz CT molecular complexity index is 1220. The molecule has 35 heavy (non-hydrogen) atoms. The van der Waals surface area contributed by atoms with Crippen molar-refractivity contribution in [3.05, 3.63) is 65.9 Å². The minimum atomic E-state index is -1.12. The molecule has 0 saturated carbocycles. The van der Waals surface area contributed by atoms with Gasteiger partial charge in [-0.05, 0) is 43.9 Å². The Balaban J connectivity index is 1.60. The average Bonchev–Trinajstić information content (AvgIpc) is 2.89. The van der Waals surface area contributed by atoms with Crippen molar-refractivity contribution in [1.82, 2.24) is 15.3 Å².